The van der Waals surface area contributed by atoms with Crippen molar-refractivity contribution >= 4 is 22.8 Å². The van der Waals surface area contributed by atoms with Crippen molar-refractivity contribution in [2.24, 2.45) is 7.05 Å². The summed E-state index contributed by atoms with van der Waals surface area (Å²) in [6, 6.07) is 9.04. The Balaban J connectivity index is 1.38. The summed E-state index contributed by atoms with van der Waals surface area (Å²) in [6.45, 7) is 1.37. The molecule has 26 heavy (non-hydrogen) atoms. The second-order valence-electron chi connectivity index (χ2n) is 6.35. The van der Waals surface area contributed by atoms with Crippen LogP contribution < -0.4 is 10.1 Å². The number of anilines is 1. The Kier molecular flexibility index (Phi) is 4.53. The lowest BCUT2D eigenvalue weighted by molar-refractivity contribution is 0.0679. The minimum absolute atomic E-state index is 0.184. The van der Waals surface area contributed by atoms with E-state index in [0.717, 1.165) is 30.8 Å². The van der Waals surface area contributed by atoms with E-state index in [-0.39, 0.29) is 12.0 Å². The van der Waals surface area contributed by atoms with Gasteiger partial charge in [0, 0.05) is 25.5 Å². The number of imidazole rings is 1. The molecule has 1 atom stereocenters. The number of nitrogens with zero attached hydrogens (tertiary/aromatic N) is 3. The van der Waals surface area contributed by atoms with Crippen molar-refractivity contribution in [1.29, 1.82) is 0 Å². The molecule has 4 rings (SSSR count). The molecule has 1 fully saturated rings. The number of amides is 1. The minimum Gasteiger partial charge on any atom is -0.491 e. The number of fused-ring (bicyclic) bond motifs is 1. The van der Waals surface area contributed by atoms with Gasteiger partial charge in [-0.1, -0.05) is 0 Å². The van der Waals surface area contributed by atoms with Crippen molar-refractivity contribution in [2.45, 2.75) is 18.9 Å². The van der Waals surface area contributed by atoms with E-state index in [1.807, 2.05) is 35.9 Å². The van der Waals surface area contributed by atoms with Gasteiger partial charge in [-0.05, 0) is 43.2 Å². The fourth-order valence-corrected chi connectivity index (χ4v) is 2.94. The lowest BCUT2D eigenvalue weighted by Gasteiger charge is -2.12. The monoisotopic (exact) mass is 352 g/mol. The number of pyridine rings is 1. The Morgan fingerprint density at radius 1 is 1.35 bits per heavy atom. The number of benzene rings is 1. The third-order valence-corrected chi connectivity index (χ3v) is 4.39. The largest absolute Gasteiger partial charge is 0.491 e. The Morgan fingerprint density at radius 3 is 2.96 bits per heavy atom. The van der Waals surface area contributed by atoms with E-state index < -0.39 is 0 Å². The Bertz CT molecular complexity index is 914. The molecular weight excluding hydrogens is 332 g/mol. The first kappa shape index (κ1) is 16.5. The summed E-state index contributed by atoms with van der Waals surface area (Å²) < 4.78 is 13.1. The van der Waals surface area contributed by atoms with Gasteiger partial charge in [-0.25, -0.2) is 9.97 Å². The molecule has 2 aromatic heterocycles. The van der Waals surface area contributed by atoms with E-state index in [0.29, 0.717) is 23.4 Å². The normalized spacial score (nSPS) is 16.7. The third kappa shape index (κ3) is 3.52. The zero-order valence-electron chi connectivity index (χ0n) is 14.5. The SMILES string of the molecule is Cn1cnc2cc(C(=O)Nc3ccc(OCC4CCCO4)cc3)cnc21. The van der Waals surface area contributed by atoms with Gasteiger partial charge in [-0.3, -0.25) is 4.79 Å². The number of nitrogens with one attached hydrogen (secondary N) is 1. The van der Waals surface area contributed by atoms with Crippen molar-refractivity contribution in [2.75, 3.05) is 18.5 Å². The first-order chi connectivity index (χ1) is 12.7. The summed E-state index contributed by atoms with van der Waals surface area (Å²) in [6.07, 6.45) is 5.55. The molecule has 1 unspecified atom stereocenters. The van der Waals surface area contributed by atoms with Gasteiger partial charge in [0.05, 0.1) is 18.0 Å². The second kappa shape index (κ2) is 7.13. The molecule has 1 aliphatic rings. The van der Waals surface area contributed by atoms with Crippen molar-refractivity contribution in [1.82, 2.24) is 14.5 Å². The van der Waals surface area contributed by atoms with Crippen LogP contribution in [0, 0.1) is 0 Å². The molecule has 7 heteroatoms. The first-order valence-electron chi connectivity index (χ1n) is 8.62. The van der Waals surface area contributed by atoms with Crippen LogP contribution in [0.1, 0.15) is 23.2 Å². The number of ether oxygens (including phenoxy) is 2. The van der Waals surface area contributed by atoms with E-state index in [9.17, 15) is 4.79 Å². The smallest absolute Gasteiger partial charge is 0.257 e. The lowest BCUT2D eigenvalue weighted by atomic mass is 10.2. The Hall–Kier alpha value is -2.93. The highest BCUT2D eigenvalue weighted by molar-refractivity contribution is 6.05. The number of hydrogen-bond donors (Lipinski definition) is 1. The van der Waals surface area contributed by atoms with Crippen molar-refractivity contribution in [3.8, 4) is 5.75 Å². The first-order valence-corrected chi connectivity index (χ1v) is 8.62. The fourth-order valence-electron chi connectivity index (χ4n) is 2.94. The predicted octanol–water partition coefficient (Wildman–Crippen LogP) is 2.78. The highest BCUT2D eigenvalue weighted by atomic mass is 16.5. The summed E-state index contributed by atoms with van der Waals surface area (Å²) in [4.78, 5) is 20.9. The van der Waals surface area contributed by atoms with Crippen LogP contribution in [0.2, 0.25) is 0 Å². The Morgan fingerprint density at radius 2 is 2.19 bits per heavy atom. The van der Waals surface area contributed by atoms with Gasteiger partial charge in [-0.15, -0.1) is 0 Å². The molecule has 1 N–H and O–H groups in total. The van der Waals surface area contributed by atoms with Crippen LogP contribution in [-0.4, -0.2) is 39.8 Å². The van der Waals surface area contributed by atoms with E-state index in [1.165, 1.54) is 0 Å². The fraction of sp³-hybridized carbons (Fsp3) is 0.316. The molecule has 0 saturated carbocycles. The molecule has 0 aliphatic carbocycles. The predicted molar refractivity (Wildman–Crippen MR) is 97.4 cm³/mol. The quantitative estimate of drug-likeness (QED) is 0.764. The number of rotatable bonds is 5. The van der Waals surface area contributed by atoms with Crippen molar-refractivity contribution < 1.29 is 14.3 Å². The standard InChI is InChI=1S/C19H20N4O3/c1-23-12-21-17-9-13(10-20-18(17)23)19(24)22-14-4-6-15(7-5-14)26-11-16-3-2-8-25-16/h4-7,9-10,12,16H,2-3,8,11H2,1H3,(H,22,24). The number of carbonyl (C=O) groups excluding carboxylic acids is 1. The topological polar surface area (TPSA) is 78.3 Å². The molecule has 0 bridgehead atoms. The van der Waals surface area contributed by atoms with E-state index in [2.05, 4.69) is 15.3 Å². The van der Waals surface area contributed by atoms with E-state index in [4.69, 9.17) is 9.47 Å². The summed E-state index contributed by atoms with van der Waals surface area (Å²) in [5.74, 6) is 0.535. The molecule has 3 heterocycles. The van der Waals surface area contributed by atoms with Crippen LogP contribution in [0.15, 0.2) is 42.9 Å². The molecule has 134 valence electrons. The summed E-state index contributed by atoms with van der Waals surface area (Å²) >= 11 is 0. The molecule has 1 saturated heterocycles. The van der Waals surface area contributed by atoms with E-state index >= 15 is 0 Å². The molecule has 0 radical (unpaired) electrons. The maximum Gasteiger partial charge on any atom is 0.257 e. The van der Waals surface area contributed by atoms with Gasteiger partial charge in [0.2, 0.25) is 0 Å². The highest BCUT2D eigenvalue weighted by Gasteiger charge is 2.16. The van der Waals surface area contributed by atoms with Gasteiger partial charge in [-0.2, -0.15) is 0 Å². The summed E-state index contributed by atoms with van der Waals surface area (Å²) in [7, 11) is 1.87. The van der Waals surface area contributed by atoms with E-state index in [1.54, 1.807) is 18.6 Å². The van der Waals surface area contributed by atoms with Gasteiger partial charge in [0.1, 0.15) is 17.9 Å². The number of hydrogen-bond acceptors (Lipinski definition) is 5. The maximum atomic E-state index is 12.4. The maximum absolute atomic E-state index is 12.4. The minimum atomic E-state index is -0.224. The van der Waals surface area contributed by atoms with Crippen LogP contribution in [0.25, 0.3) is 11.2 Å². The number of aryl methyl sites for hydroxylation is 1. The molecular formula is C19H20N4O3. The second-order valence-corrected chi connectivity index (χ2v) is 6.35. The third-order valence-electron chi connectivity index (χ3n) is 4.39. The zero-order chi connectivity index (χ0) is 17.9. The van der Waals surface area contributed by atoms with Crippen LogP contribution in [0.4, 0.5) is 5.69 Å². The van der Waals surface area contributed by atoms with Crippen LogP contribution in [0.5, 0.6) is 5.75 Å². The highest BCUT2D eigenvalue weighted by Crippen LogP contribution is 2.19. The lowest BCUT2D eigenvalue weighted by Crippen LogP contribution is -2.16. The van der Waals surface area contributed by atoms with Gasteiger partial charge in [0.15, 0.2) is 5.65 Å². The number of aromatic nitrogens is 3. The average molecular weight is 352 g/mol. The molecule has 7 nitrogen and oxygen atoms in total. The molecule has 3 aromatic rings. The molecule has 1 amide bonds. The summed E-state index contributed by atoms with van der Waals surface area (Å²) in [5.41, 5.74) is 2.60. The van der Waals surface area contributed by atoms with Crippen molar-refractivity contribution in [3.63, 3.8) is 0 Å². The molecule has 1 aliphatic heterocycles. The van der Waals surface area contributed by atoms with Crippen LogP contribution >= 0.6 is 0 Å². The Labute approximate surface area is 151 Å². The summed E-state index contributed by atoms with van der Waals surface area (Å²) in [5, 5.41) is 2.86. The zero-order valence-corrected chi connectivity index (χ0v) is 14.5. The van der Waals surface area contributed by atoms with Crippen LogP contribution in [0.3, 0.4) is 0 Å². The number of carbonyl (C=O) groups is 1. The molecule has 1 aromatic carbocycles. The van der Waals surface area contributed by atoms with Gasteiger partial charge in [0.25, 0.3) is 5.91 Å². The average Bonchev–Trinajstić information content (AvgIpc) is 3.31. The van der Waals surface area contributed by atoms with Crippen molar-refractivity contribution in [3.05, 3.63) is 48.4 Å². The van der Waals surface area contributed by atoms with Gasteiger partial charge < -0.3 is 19.4 Å². The molecule has 0 spiro atoms. The van der Waals surface area contributed by atoms with Crippen LogP contribution in [-0.2, 0) is 11.8 Å². The van der Waals surface area contributed by atoms with Gasteiger partial charge >= 0.3 is 0 Å².